The third kappa shape index (κ3) is 4.33. The summed E-state index contributed by atoms with van der Waals surface area (Å²) < 4.78 is 47.5. The van der Waals surface area contributed by atoms with E-state index in [0.717, 1.165) is 24.0 Å². The monoisotopic (exact) mass is 370 g/mol. The van der Waals surface area contributed by atoms with Gasteiger partial charge < -0.3 is 4.74 Å². The molecule has 140 valence electrons. The van der Waals surface area contributed by atoms with Gasteiger partial charge in [-0.15, -0.1) is 0 Å². The zero-order valence-electron chi connectivity index (χ0n) is 15.4. The summed E-state index contributed by atoms with van der Waals surface area (Å²) in [4.78, 5) is 0. The van der Waals surface area contributed by atoms with Crippen LogP contribution in [0.25, 0.3) is 11.1 Å². The van der Waals surface area contributed by atoms with E-state index in [1.54, 1.807) is 42.5 Å². The summed E-state index contributed by atoms with van der Waals surface area (Å²) in [7, 11) is 0. The second kappa shape index (κ2) is 8.30. The van der Waals surface area contributed by atoms with E-state index in [1.165, 1.54) is 13.0 Å². The van der Waals surface area contributed by atoms with E-state index >= 15 is 0 Å². The van der Waals surface area contributed by atoms with Crippen LogP contribution in [-0.2, 0) is 13.0 Å². The maximum Gasteiger partial charge on any atom is 0.166 e. The molecule has 0 aliphatic heterocycles. The SMILES string of the molecule is CCCc1ccc(OCc2ccc(-c3ccc(C)c(F)c3F)cc2)c(F)c1. The van der Waals surface area contributed by atoms with Gasteiger partial charge in [-0.2, -0.15) is 0 Å². The van der Waals surface area contributed by atoms with E-state index < -0.39 is 11.6 Å². The quantitative estimate of drug-likeness (QED) is 0.474. The first-order valence-electron chi connectivity index (χ1n) is 8.94. The van der Waals surface area contributed by atoms with Gasteiger partial charge in [-0.05, 0) is 47.7 Å². The highest BCUT2D eigenvalue weighted by Crippen LogP contribution is 2.27. The van der Waals surface area contributed by atoms with Crippen LogP contribution in [0, 0.1) is 24.4 Å². The molecule has 0 atom stereocenters. The van der Waals surface area contributed by atoms with E-state index in [4.69, 9.17) is 4.74 Å². The Bertz CT molecular complexity index is 933. The van der Waals surface area contributed by atoms with Crippen molar-refractivity contribution in [3.05, 3.63) is 88.7 Å². The van der Waals surface area contributed by atoms with Crippen molar-refractivity contribution < 1.29 is 17.9 Å². The lowest BCUT2D eigenvalue weighted by Gasteiger charge is -2.10. The molecule has 0 N–H and O–H groups in total. The molecule has 0 aromatic heterocycles. The van der Waals surface area contributed by atoms with Gasteiger partial charge in [0.05, 0.1) is 0 Å². The van der Waals surface area contributed by atoms with Crippen molar-refractivity contribution >= 4 is 0 Å². The van der Waals surface area contributed by atoms with E-state index in [0.29, 0.717) is 5.56 Å². The molecule has 0 radical (unpaired) electrons. The van der Waals surface area contributed by atoms with Gasteiger partial charge in [-0.3, -0.25) is 0 Å². The van der Waals surface area contributed by atoms with Gasteiger partial charge in [0.25, 0.3) is 0 Å². The molecule has 0 bridgehead atoms. The van der Waals surface area contributed by atoms with E-state index in [9.17, 15) is 13.2 Å². The minimum atomic E-state index is -0.853. The van der Waals surface area contributed by atoms with Gasteiger partial charge in [-0.1, -0.05) is 55.8 Å². The minimum absolute atomic E-state index is 0.190. The van der Waals surface area contributed by atoms with Gasteiger partial charge in [0.2, 0.25) is 0 Å². The molecule has 0 unspecified atom stereocenters. The molecule has 1 nitrogen and oxygen atoms in total. The predicted molar refractivity (Wildman–Crippen MR) is 101 cm³/mol. The molecule has 3 aromatic rings. The molecule has 3 rings (SSSR count). The van der Waals surface area contributed by atoms with Crippen LogP contribution in [-0.4, -0.2) is 0 Å². The van der Waals surface area contributed by atoms with Crippen LogP contribution in [0.3, 0.4) is 0 Å². The summed E-state index contributed by atoms with van der Waals surface area (Å²) in [5.74, 6) is -1.87. The summed E-state index contributed by atoms with van der Waals surface area (Å²) in [6.07, 6.45) is 1.78. The standard InChI is InChI=1S/C23H21F3O/c1-3-4-16-8-12-21(20(24)13-16)27-14-17-6-9-18(10-7-17)19-11-5-15(2)22(25)23(19)26/h5-13H,3-4,14H2,1-2H3. The summed E-state index contributed by atoms with van der Waals surface area (Å²) in [5, 5.41) is 0. The fourth-order valence-electron chi connectivity index (χ4n) is 2.92. The summed E-state index contributed by atoms with van der Waals surface area (Å²) in [5.41, 5.74) is 2.81. The number of hydrogen-bond donors (Lipinski definition) is 0. The van der Waals surface area contributed by atoms with Crippen molar-refractivity contribution in [2.24, 2.45) is 0 Å². The normalized spacial score (nSPS) is 10.9. The van der Waals surface area contributed by atoms with Gasteiger partial charge in [0, 0.05) is 5.56 Å². The molecule has 0 saturated carbocycles. The number of halogens is 3. The fraction of sp³-hybridized carbons (Fsp3) is 0.217. The van der Waals surface area contributed by atoms with Gasteiger partial charge in [0.15, 0.2) is 23.2 Å². The first kappa shape index (κ1) is 19.0. The average molecular weight is 370 g/mol. The lowest BCUT2D eigenvalue weighted by Crippen LogP contribution is -1.98. The van der Waals surface area contributed by atoms with E-state index in [2.05, 4.69) is 0 Å². The molecule has 0 heterocycles. The maximum absolute atomic E-state index is 14.1. The van der Waals surface area contributed by atoms with Crippen molar-refractivity contribution in [3.63, 3.8) is 0 Å². The molecular formula is C23H21F3O. The fourth-order valence-corrected chi connectivity index (χ4v) is 2.92. The zero-order chi connectivity index (χ0) is 19.4. The minimum Gasteiger partial charge on any atom is -0.486 e. The van der Waals surface area contributed by atoms with Crippen LogP contribution >= 0.6 is 0 Å². The molecule has 0 aliphatic rings. The molecule has 0 fully saturated rings. The molecule has 0 saturated heterocycles. The number of aryl methyl sites for hydroxylation is 2. The summed E-state index contributed by atoms with van der Waals surface area (Å²) >= 11 is 0. The second-order valence-electron chi connectivity index (χ2n) is 6.56. The maximum atomic E-state index is 14.1. The molecule has 3 aromatic carbocycles. The Balaban J connectivity index is 1.71. The first-order chi connectivity index (χ1) is 13.0. The molecular weight excluding hydrogens is 349 g/mol. The van der Waals surface area contributed by atoms with Crippen molar-refractivity contribution in [1.82, 2.24) is 0 Å². The predicted octanol–water partition coefficient (Wildman–Crippen LogP) is 6.61. The van der Waals surface area contributed by atoms with Crippen LogP contribution < -0.4 is 4.74 Å². The number of rotatable bonds is 6. The third-order valence-electron chi connectivity index (χ3n) is 4.47. The van der Waals surface area contributed by atoms with E-state index in [-0.39, 0.29) is 29.3 Å². The lowest BCUT2D eigenvalue weighted by atomic mass is 10.0. The van der Waals surface area contributed by atoms with Crippen LogP contribution in [0.4, 0.5) is 13.2 Å². The third-order valence-corrected chi connectivity index (χ3v) is 4.47. The van der Waals surface area contributed by atoms with Crippen molar-refractivity contribution in [2.75, 3.05) is 0 Å². The van der Waals surface area contributed by atoms with Crippen molar-refractivity contribution in [1.29, 1.82) is 0 Å². The van der Waals surface area contributed by atoms with Crippen molar-refractivity contribution in [2.45, 2.75) is 33.3 Å². The molecule has 0 amide bonds. The Morgan fingerprint density at radius 1 is 0.815 bits per heavy atom. The number of hydrogen-bond acceptors (Lipinski definition) is 1. The van der Waals surface area contributed by atoms with Crippen LogP contribution in [0.15, 0.2) is 54.6 Å². The second-order valence-corrected chi connectivity index (χ2v) is 6.56. The number of benzene rings is 3. The Kier molecular flexibility index (Phi) is 5.84. The van der Waals surface area contributed by atoms with E-state index in [1.807, 2.05) is 13.0 Å². The highest BCUT2D eigenvalue weighted by Gasteiger charge is 2.12. The topological polar surface area (TPSA) is 9.23 Å². The lowest BCUT2D eigenvalue weighted by molar-refractivity contribution is 0.290. The summed E-state index contributed by atoms with van der Waals surface area (Å²) in [6, 6.07) is 15.0. The van der Waals surface area contributed by atoms with Gasteiger partial charge in [0.1, 0.15) is 6.61 Å². The zero-order valence-corrected chi connectivity index (χ0v) is 15.4. The largest absolute Gasteiger partial charge is 0.486 e. The van der Waals surface area contributed by atoms with Crippen LogP contribution in [0.5, 0.6) is 5.75 Å². The molecule has 27 heavy (non-hydrogen) atoms. The highest BCUT2D eigenvalue weighted by molar-refractivity contribution is 5.65. The van der Waals surface area contributed by atoms with Crippen LogP contribution in [0.2, 0.25) is 0 Å². The smallest absolute Gasteiger partial charge is 0.166 e. The molecule has 4 heteroatoms. The Labute approximate surface area is 157 Å². The number of ether oxygens (including phenoxy) is 1. The molecule has 0 spiro atoms. The van der Waals surface area contributed by atoms with Crippen LogP contribution in [0.1, 0.15) is 30.0 Å². The Hall–Kier alpha value is -2.75. The Morgan fingerprint density at radius 2 is 1.52 bits per heavy atom. The Morgan fingerprint density at radius 3 is 2.19 bits per heavy atom. The summed E-state index contributed by atoms with van der Waals surface area (Å²) in [6.45, 7) is 3.76. The molecule has 0 aliphatic carbocycles. The van der Waals surface area contributed by atoms with Gasteiger partial charge >= 0.3 is 0 Å². The van der Waals surface area contributed by atoms with Gasteiger partial charge in [-0.25, -0.2) is 13.2 Å². The highest BCUT2D eigenvalue weighted by atomic mass is 19.2. The average Bonchev–Trinajstić information content (AvgIpc) is 2.66. The first-order valence-corrected chi connectivity index (χ1v) is 8.94. The van der Waals surface area contributed by atoms with Crippen molar-refractivity contribution in [3.8, 4) is 16.9 Å².